The summed E-state index contributed by atoms with van der Waals surface area (Å²) in [7, 11) is 1.70. The lowest BCUT2D eigenvalue weighted by molar-refractivity contribution is -0.0151. The summed E-state index contributed by atoms with van der Waals surface area (Å²) in [6.45, 7) is 2.85. The van der Waals surface area contributed by atoms with Crippen LogP contribution >= 0.6 is 0 Å². The highest BCUT2D eigenvalue weighted by atomic mass is 16.5. The Kier molecular flexibility index (Phi) is 6.53. The van der Waals surface area contributed by atoms with Gasteiger partial charge in [0, 0.05) is 6.04 Å². The highest BCUT2D eigenvalue weighted by Gasteiger charge is 2.33. The first-order valence-electron chi connectivity index (χ1n) is 9.44. The first-order chi connectivity index (χ1) is 12.7. The van der Waals surface area contributed by atoms with Crippen LogP contribution in [0, 0.1) is 6.92 Å². The molecule has 1 aliphatic carbocycles. The molecule has 0 heterocycles. The van der Waals surface area contributed by atoms with E-state index >= 15 is 0 Å². The van der Waals surface area contributed by atoms with Gasteiger partial charge in [-0.05, 0) is 68.5 Å². The fourth-order valence-electron chi connectivity index (χ4n) is 3.66. The van der Waals surface area contributed by atoms with Crippen LogP contribution in [0.15, 0.2) is 48.5 Å². The van der Waals surface area contributed by atoms with Crippen molar-refractivity contribution in [1.29, 1.82) is 0 Å². The molecule has 3 rings (SSSR count). The van der Waals surface area contributed by atoms with E-state index in [9.17, 15) is 5.11 Å². The van der Waals surface area contributed by atoms with Crippen molar-refractivity contribution in [3.63, 3.8) is 0 Å². The SMILES string of the molecule is COc1ccccc1CCN[C@H]1CCC[C@@H](Oc2cccc(C)c2)[C@@H]1O. The predicted molar refractivity (Wildman–Crippen MR) is 104 cm³/mol. The van der Waals surface area contributed by atoms with Gasteiger partial charge in [-0.25, -0.2) is 0 Å². The number of para-hydroxylation sites is 1. The lowest BCUT2D eigenvalue weighted by Gasteiger charge is -2.35. The third-order valence-electron chi connectivity index (χ3n) is 5.07. The summed E-state index contributed by atoms with van der Waals surface area (Å²) in [6.07, 6.45) is 3.13. The Labute approximate surface area is 156 Å². The van der Waals surface area contributed by atoms with Gasteiger partial charge in [-0.2, -0.15) is 0 Å². The van der Waals surface area contributed by atoms with Crippen molar-refractivity contribution in [1.82, 2.24) is 5.32 Å². The first kappa shape index (κ1) is 18.7. The summed E-state index contributed by atoms with van der Waals surface area (Å²) >= 11 is 0. The van der Waals surface area contributed by atoms with Gasteiger partial charge in [-0.3, -0.25) is 0 Å². The van der Waals surface area contributed by atoms with E-state index in [1.54, 1.807) is 7.11 Å². The van der Waals surface area contributed by atoms with E-state index in [0.29, 0.717) is 0 Å². The van der Waals surface area contributed by atoms with Gasteiger partial charge >= 0.3 is 0 Å². The van der Waals surface area contributed by atoms with Crippen molar-refractivity contribution in [2.75, 3.05) is 13.7 Å². The lowest BCUT2D eigenvalue weighted by Crippen LogP contribution is -2.51. The molecular formula is C22H29NO3. The quantitative estimate of drug-likeness (QED) is 0.798. The van der Waals surface area contributed by atoms with E-state index < -0.39 is 6.10 Å². The normalized spacial score (nSPS) is 22.8. The number of nitrogens with one attached hydrogen (secondary N) is 1. The molecule has 1 saturated carbocycles. The molecule has 0 spiro atoms. The number of benzene rings is 2. The van der Waals surface area contributed by atoms with Crippen LogP contribution in [0.2, 0.25) is 0 Å². The van der Waals surface area contributed by atoms with Crippen LogP contribution in [0.4, 0.5) is 0 Å². The van der Waals surface area contributed by atoms with Gasteiger partial charge in [0.25, 0.3) is 0 Å². The van der Waals surface area contributed by atoms with Crippen molar-refractivity contribution in [3.8, 4) is 11.5 Å². The van der Waals surface area contributed by atoms with Gasteiger partial charge in [-0.15, -0.1) is 0 Å². The highest BCUT2D eigenvalue weighted by Crippen LogP contribution is 2.25. The fraction of sp³-hybridized carbons (Fsp3) is 0.455. The van der Waals surface area contributed by atoms with E-state index in [4.69, 9.17) is 9.47 Å². The minimum absolute atomic E-state index is 0.0632. The summed E-state index contributed by atoms with van der Waals surface area (Å²) in [5.74, 6) is 1.75. The molecule has 26 heavy (non-hydrogen) atoms. The second-order valence-electron chi connectivity index (χ2n) is 7.02. The molecule has 0 bridgehead atoms. The molecule has 2 aromatic rings. The molecule has 4 heteroatoms. The molecule has 0 saturated heterocycles. The summed E-state index contributed by atoms with van der Waals surface area (Å²) in [5, 5.41) is 14.3. The summed E-state index contributed by atoms with van der Waals surface area (Å²) in [6, 6.07) is 16.2. The number of rotatable bonds is 7. The molecule has 3 atom stereocenters. The molecular weight excluding hydrogens is 326 g/mol. The Morgan fingerprint density at radius 3 is 2.77 bits per heavy atom. The van der Waals surface area contributed by atoms with Crippen molar-refractivity contribution in [2.45, 2.75) is 50.9 Å². The molecule has 2 aromatic carbocycles. The maximum absolute atomic E-state index is 10.7. The molecule has 2 N–H and O–H groups in total. The van der Waals surface area contributed by atoms with Crippen LogP contribution in [0.1, 0.15) is 30.4 Å². The molecule has 0 aliphatic heterocycles. The van der Waals surface area contributed by atoms with E-state index in [0.717, 1.165) is 43.7 Å². The van der Waals surface area contributed by atoms with Gasteiger partial charge in [-0.1, -0.05) is 30.3 Å². The largest absolute Gasteiger partial charge is 0.496 e. The molecule has 0 unspecified atom stereocenters. The van der Waals surface area contributed by atoms with Gasteiger partial charge in [0.05, 0.1) is 7.11 Å². The molecule has 0 aromatic heterocycles. The number of ether oxygens (including phenoxy) is 2. The highest BCUT2D eigenvalue weighted by molar-refractivity contribution is 5.33. The molecule has 1 aliphatic rings. The smallest absolute Gasteiger partial charge is 0.126 e. The van der Waals surface area contributed by atoms with Crippen LogP contribution in [-0.4, -0.2) is 37.0 Å². The van der Waals surface area contributed by atoms with Gasteiger partial charge in [0.2, 0.25) is 0 Å². The minimum Gasteiger partial charge on any atom is -0.496 e. The molecule has 1 fully saturated rings. The molecule has 140 valence electrons. The maximum Gasteiger partial charge on any atom is 0.126 e. The number of methoxy groups -OCH3 is 1. The monoisotopic (exact) mass is 355 g/mol. The average molecular weight is 355 g/mol. The van der Waals surface area contributed by atoms with Gasteiger partial charge < -0.3 is 19.9 Å². The molecule has 0 radical (unpaired) electrons. The van der Waals surface area contributed by atoms with Crippen LogP contribution in [0.3, 0.4) is 0 Å². The van der Waals surface area contributed by atoms with Crippen LogP contribution in [0.25, 0.3) is 0 Å². The zero-order chi connectivity index (χ0) is 18.4. The number of hydrogen-bond donors (Lipinski definition) is 2. The molecule has 0 amide bonds. The van der Waals surface area contributed by atoms with Gasteiger partial charge in [0.15, 0.2) is 0 Å². The van der Waals surface area contributed by atoms with E-state index in [-0.39, 0.29) is 12.1 Å². The summed E-state index contributed by atoms with van der Waals surface area (Å²) in [4.78, 5) is 0. The van der Waals surface area contributed by atoms with Crippen molar-refractivity contribution in [2.24, 2.45) is 0 Å². The topological polar surface area (TPSA) is 50.7 Å². The Morgan fingerprint density at radius 1 is 1.12 bits per heavy atom. The van der Waals surface area contributed by atoms with E-state index in [1.807, 2.05) is 49.4 Å². The average Bonchev–Trinajstić information content (AvgIpc) is 2.65. The maximum atomic E-state index is 10.7. The fourth-order valence-corrected chi connectivity index (χ4v) is 3.66. The van der Waals surface area contributed by atoms with Crippen LogP contribution < -0.4 is 14.8 Å². The standard InChI is InChI=1S/C22H29NO3/c1-16-7-5-9-18(15-16)26-21-12-6-10-19(22(21)24)23-14-13-17-8-3-4-11-20(17)25-2/h3-5,7-9,11,15,19,21-24H,6,10,12-14H2,1-2H3/t19-,21+,22+/m0/s1. The number of aliphatic hydroxyl groups excluding tert-OH is 1. The predicted octanol–water partition coefficient (Wildman–Crippen LogP) is 3.50. The van der Waals surface area contributed by atoms with Crippen LogP contribution in [0.5, 0.6) is 11.5 Å². The Bertz CT molecular complexity index is 703. The van der Waals surface area contributed by atoms with Gasteiger partial charge in [0.1, 0.15) is 23.7 Å². The third kappa shape index (κ3) is 4.77. The van der Waals surface area contributed by atoms with Crippen LogP contribution in [-0.2, 0) is 6.42 Å². The zero-order valence-electron chi connectivity index (χ0n) is 15.7. The second-order valence-corrected chi connectivity index (χ2v) is 7.02. The van der Waals surface area contributed by atoms with Crippen molar-refractivity contribution < 1.29 is 14.6 Å². The number of hydrogen-bond acceptors (Lipinski definition) is 4. The second kappa shape index (κ2) is 9.06. The summed E-state index contributed by atoms with van der Waals surface area (Å²) in [5.41, 5.74) is 2.35. The van der Waals surface area contributed by atoms with E-state index in [2.05, 4.69) is 11.4 Å². The number of aliphatic hydroxyl groups is 1. The Morgan fingerprint density at radius 2 is 1.96 bits per heavy atom. The summed E-state index contributed by atoms with van der Waals surface area (Å²) < 4.78 is 11.5. The minimum atomic E-state index is -0.498. The Hall–Kier alpha value is -2.04. The molecule has 4 nitrogen and oxygen atoms in total. The first-order valence-corrected chi connectivity index (χ1v) is 9.44. The number of aryl methyl sites for hydroxylation is 1. The zero-order valence-corrected chi connectivity index (χ0v) is 15.7. The van der Waals surface area contributed by atoms with E-state index in [1.165, 1.54) is 11.1 Å². The lowest BCUT2D eigenvalue weighted by atomic mass is 9.89. The Balaban J connectivity index is 1.53. The third-order valence-corrected chi connectivity index (χ3v) is 5.07. The van der Waals surface area contributed by atoms with Crippen molar-refractivity contribution in [3.05, 3.63) is 59.7 Å². The van der Waals surface area contributed by atoms with Crippen molar-refractivity contribution >= 4 is 0 Å².